The Balaban J connectivity index is 2.39. The van der Waals surface area contributed by atoms with Crippen molar-refractivity contribution >= 4 is 17.6 Å². The summed E-state index contributed by atoms with van der Waals surface area (Å²) < 4.78 is 11.0. The first-order valence-electron chi connectivity index (χ1n) is 7.30. The molecule has 0 fully saturated rings. The van der Waals surface area contributed by atoms with Crippen molar-refractivity contribution in [3.05, 3.63) is 22.8 Å². The molecule has 1 aromatic carbocycles. The number of nitrogens with one attached hydrogen (secondary N) is 1. The zero-order chi connectivity index (χ0) is 16.9. The number of hydrogen-bond acceptors (Lipinski definition) is 4. The van der Waals surface area contributed by atoms with Gasteiger partial charge in [0.1, 0.15) is 11.4 Å². The lowest BCUT2D eigenvalue weighted by molar-refractivity contribution is 0.0635. The Hall–Kier alpha value is -2.04. The first kappa shape index (κ1) is 16.3. The first-order chi connectivity index (χ1) is 9.92. The van der Waals surface area contributed by atoms with Crippen LogP contribution in [0.5, 0.6) is 5.75 Å². The van der Waals surface area contributed by atoms with Gasteiger partial charge in [0.05, 0.1) is 11.3 Å². The summed E-state index contributed by atoms with van der Waals surface area (Å²) in [5, 5.41) is 2.74. The van der Waals surface area contributed by atoms with Crippen LogP contribution in [0.2, 0.25) is 0 Å². The van der Waals surface area contributed by atoms with Gasteiger partial charge in [-0.3, -0.25) is 10.1 Å². The second-order valence-electron chi connectivity index (χ2n) is 7.13. The highest BCUT2D eigenvalue weighted by Gasteiger charge is 2.41. The van der Waals surface area contributed by atoms with Crippen molar-refractivity contribution in [2.75, 3.05) is 5.32 Å². The summed E-state index contributed by atoms with van der Waals surface area (Å²) in [6, 6.07) is 1.78. The van der Waals surface area contributed by atoms with E-state index in [-0.39, 0.29) is 5.78 Å². The number of rotatable bonds is 1. The van der Waals surface area contributed by atoms with Crippen molar-refractivity contribution in [2.45, 2.75) is 59.7 Å². The van der Waals surface area contributed by atoms with Crippen LogP contribution in [0.25, 0.3) is 0 Å². The van der Waals surface area contributed by atoms with E-state index in [1.54, 1.807) is 47.6 Å². The Labute approximate surface area is 131 Å². The average Bonchev–Trinajstić information content (AvgIpc) is 2.53. The number of ether oxygens (including phenoxy) is 2. The molecule has 2 rings (SSSR count). The van der Waals surface area contributed by atoms with Gasteiger partial charge >= 0.3 is 6.09 Å². The Morgan fingerprint density at radius 3 is 2.41 bits per heavy atom. The summed E-state index contributed by atoms with van der Waals surface area (Å²) in [4.78, 5) is 24.4. The van der Waals surface area contributed by atoms with E-state index in [4.69, 9.17) is 9.47 Å². The SMILES string of the molecule is Cc1cc2c(c(C)c1NC(=O)OC(C)(C)C)C(=O)C(C)(C)O2. The molecular weight excluding hydrogens is 282 g/mol. The number of carbonyl (C=O) groups excluding carboxylic acids is 2. The fourth-order valence-electron chi connectivity index (χ4n) is 2.53. The van der Waals surface area contributed by atoms with Crippen molar-refractivity contribution in [3.8, 4) is 5.75 Å². The van der Waals surface area contributed by atoms with E-state index in [1.165, 1.54) is 0 Å². The van der Waals surface area contributed by atoms with Crippen LogP contribution in [0.3, 0.4) is 0 Å². The van der Waals surface area contributed by atoms with E-state index < -0.39 is 17.3 Å². The maximum Gasteiger partial charge on any atom is 0.412 e. The minimum Gasteiger partial charge on any atom is -0.479 e. The van der Waals surface area contributed by atoms with E-state index in [0.717, 1.165) is 5.56 Å². The van der Waals surface area contributed by atoms with Crippen molar-refractivity contribution in [2.24, 2.45) is 0 Å². The molecule has 5 nitrogen and oxygen atoms in total. The highest BCUT2D eigenvalue weighted by Crippen LogP contribution is 2.41. The highest BCUT2D eigenvalue weighted by molar-refractivity contribution is 6.09. The smallest absolute Gasteiger partial charge is 0.412 e. The van der Waals surface area contributed by atoms with E-state index in [9.17, 15) is 9.59 Å². The molecule has 0 aromatic heterocycles. The average molecular weight is 305 g/mol. The van der Waals surface area contributed by atoms with Crippen molar-refractivity contribution in [1.82, 2.24) is 0 Å². The van der Waals surface area contributed by atoms with Gasteiger partial charge in [0.15, 0.2) is 5.60 Å². The number of amides is 1. The standard InChI is InChI=1S/C17H23NO4/c1-9-8-11-12(14(19)17(6,7)21-11)10(2)13(9)18-15(20)22-16(3,4)5/h8H,1-7H3,(H,18,20). The summed E-state index contributed by atoms with van der Waals surface area (Å²) in [5.74, 6) is 0.493. The van der Waals surface area contributed by atoms with Gasteiger partial charge in [-0.2, -0.15) is 0 Å². The number of ketones is 1. The van der Waals surface area contributed by atoms with Gasteiger partial charge in [0, 0.05) is 0 Å². The maximum absolute atomic E-state index is 12.4. The Bertz CT molecular complexity index is 654. The van der Waals surface area contributed by atoms with Crippen molar-refractivity contribution in [1.29, 1.82) is 0 Å². The van der Waals surface area contributed by atoms with E-state index in [0.29, 0.717) is 22.6 Å². The Morgan fingerprint density at radius 2 is 1.86 bits per heavy atom. The highest BCUT2D eigenvalue weighted by atomic mass is 16.6. The predicted octanol–water partition coefficient (Wildman–Crippen LogP) is 4.00. The molecule has 0 unspecified atom stereocenters. The third kappa shape index (κ3) is 2.93. The summed E-state index contributed by atoms with van der Waals surface area (Å²) >= 11 is 0. The number of fused-ring (bicyclic) bond motifs is 1. The van der Waals surface area contributed by atoms with Crippen LogP contribution in [-0.2, 0) is 4.74 Å². The van der Waals surface area contributed by atoms with Gasteiger partial charge in [0.2, 0.25) is 5.78 Å². The monoisotopic (exact) mass is 305 g/mol. The molecule has 1 amide bonds. The zero-order valence-electron chi connectivity index (χ0n) is 14.2. The quantitative estimate of drug-likeness (QED) is 0.851. The van der Waals surface area contributed by atoms with Crippen molar-refractivity contribution in [3.63, 3.8) is 0 Å². The number of anilines is 1. The summed E-state index contributed by atoms with van der Waals surface area (Å²) in [7, 11) is 0. The van der Waals surface area contributed by atoms with Crippen LogP contribution < -0.4 is 10.1 Å². The molecule has 1 aliphatic heterocycles. The van der Waals surface area contributed by atoms with Crippen LogP contribution in [0.1, 0.15) is 56.1 Å². The third-order valence-corrected chi connectivity index (χ3v) is 3.50. The number of aryl methyl sites for hydroxylation is 1. The summed E-state index contributed by atoms with van der Waals surface area (Å²) in [6.45, 7) is 12.6. The minimum atomic E-state index is -0.871. The molecule has 1 aliphatic rings. The molecule has 120 valence electrons. The molecule has 1 aromatic rings. The second-order valence-corrected chi connectivity index (χ2v) is 7.13. The fourth-order valence-corrected chi connectivity index (χ4v) is 2.53. The number of hydrogen-bond donors (Lipinski definition) is 1. The molecule has 0 saturated carbocycles. The molecular formula is C17H23NO4. The molecule has 0 bridgehead atoms. The Morgan fingerprint density at radius 1 is 1.27 bits per heavy atom. The van der Waals surface area contributed by atoms with Crippen molar-refractivity contribution < 1.29 is 19.1 Å². The van der Waals surface area contributed by atoms with Gasteiger partial charge in [-0.05, 0) is 65.7 Å². The van der Waals surface area contributed by atoms with E-state index >= 15 is 0 Å². The minimum absolute atomic E-state index is 0.0766. The molecule has 0 spiro atoms. The van der Waals surface area contributed by atoms with Crippen LogP contribution in [-0.4, -0.2) is 23.1 Å². The third-order valence-electron chi connectivity index (χ3n) is 3.50. The predicted molar refractivity (Wildman–Crippen MR) is 84.8 cm³/mol. The largest absolute Gasteiger partial charge is 0.479 e. The number of Topliss-reactive ketones (excluding diaryl/α,β-unsaturated/α-hetero) is 1. The molecule has 22 heavy (non-hydrogen) atoms. The van der Waals surface area contributed by atoms with E-state index in [1.807, 2.05) is 6.92 Å². The molecule has 0 saturated heterocycles. The number of benzene rings is 1. The molecule has 5 heteroatoms. The maximum atomic E-state index is 12.4. The van der Waals surface area contributed by atoms with Crippen LogP contribution in [0.4, 0.5) is 10.5 Å². The molecule has 1 heterocycles. The lowest BCUT2D eigenvalue weighted by Gasteiger charge is -2.21. The second kappa shape index (κ2) is 5.00. The summed E-state index contributed by atoms with van der Waals surface area (Å²) in [6.07, 6.45) is -0.538. The fraction of sp³-hybridized carbons (Fsp3) is 0.529. The van der Waals surface area contributed by atoms with Gasteiger partial charge in [-0.25, -0.2) is 4.79 Å². The van der Waals surface area contributed by atoms with Crippen LogP contribution in [0.15, 0.2) is 6.07 Å². The van der Waals surface area contributed by atoms with Gasteiger partial charge < -0.3 is 9.47 Å². The number of carbonyl (C=O) groups is 2. The topological polar surface area (TPSA) is 64.6 Å². The van der Waals surface area contributed by atoms with E-state index in [2.05, 4.69) is 5.32 Å². The molecule has 0 aliphatic carbocycles. The molecule has 1 N–H and O–H groups in total. The molecule has 0 atom stereocenters. The summed E-state index contributed by atoms with van der Waals surface area (Å²) in [5.41, 5.74) is 1.21. The zero-order valence-corrected chi connectivity index (χ0v) is 14.2. The first-order valence-corrected chi connectivity index (χ1v) is 7.30. The van der Waals surface area contributed by atoms with Gasteiger partial charge in [-0.1, -0.05) is 0 Å². The van der Waals surface area contributed by atoms with Crippen LogP contribution in [0, 0.1) is 13.8 Å². The van der Waals surface area contributed by atoms with Gasteiger partial charge in [-0.15, -0.1) is 0 Å². The van der Waals surface area contributed by atoms with Crippen LogP contribution >= 0.6 is 0 Å². The normalized spacial score (nSPS) is 16.0. The lowest BCUT2D eigenvalue weighted by Crippen LogP contribution is -2.32. The Kier molecular flexibility index (Phi) is 3.71. The lowest BCUT2D eigenvalue weighted by atomic mass is 9.94. The van der Waals surface area contributed by atoms with Gasteiger partial charge in [0.25, 0.3) is 0 Å². The molecule has 0 radical (unpaired) electrons.